The minimum atomic E-state index is 0.0971. The first kappa shape index (κ1) is 12.5. The van der Waals surface area contributed by atoms with E-state index in [4.69, 9.17) is 4.74 Å². The summed E-state index contributed by atoms with van der Waals surface area (Å²) in [5.41, 5.74) is 0.0971. The Morgan fingerprint density at radius 1 is 1.53 bits per heavy atom. The first-order valence-corrected chi connectivity index (χ1v) is 6.27. The minimum Gasteiger partial charge on any atom is -0.379 e. The van der Waals surface area contributed by atoms with Crippen molar-refractivity contribution < 1.29 is 4.74 Å². The molecule has 2 heterocycles. The largest absolute Gasteiger partial charge is 0.379 e. The number of nitrogens with one attached hydrogen (secondary N) is 1. The fourth-order valence-electron chi connectivity index (χ4n) is 1.97. The van der Waals surface area contributed by atoms with Crippen LogP contribution in [0.2, 0.25) is 0 Å². The number of rotatable bonds is 3. The van der Waals surface area contributed by atoms with Crippen molar-refractivity contribution in [2.24, 2.45) is 0 Å². The highest BCUT2D eigenvalue weighted by Crippen LogP contribution is 2.19. The topological polar surface area (TPSA) is 52.0 Å². The number of nitrogens with zero attached hydrogens (tertiary/aromatic N) is 3. The molecule has 0 spiro atoms. The van der Waals surface area contributed by atoms with Crippen molar-refractivity contribution in [2.75, 3.05) is 13.2 Å². The zero-order valence-electron chi connectivity index (χ0n) is 10.9. The summed E-state index contributed by atoms with van der Waals surface area (Å²) in [6.07, 6.45) is 3.87. The molecule has 1 aliphatic heterocycles. The third-order valence-electron chi connectivity index (χ3n) is 2.91. The van der Waals surface area contributed by atoms with Gasteiger partial charge in [-0.25, -0.2) is 9.67 Å². The summed E-state index contributed by atoms with van der Waals surface area (Å²) in [5, 5.41) is 7.77. The van der Waals surface area contributed by atoms with Gasteiger partial charge in [0, 0.05) is 12.1 Å². The second-order valence-electron chi connectivity index (χ2n) is 5.60. The van der Waals surface area contributed by atoms with E-state index in [0.717, 1.165) is 38.4 Å². The van der Waals surface area contributed by atoms with Crippen molar-refractivity contribution >= 4 is 0 Å². The Kier molecular flexibility index (Phi) is 3.79. The summed E-state index contributed by atoms with van der Waals surface area (Å²) in [5.74, 6) is 0.996. The summed E-state index contributed by atoms with van der Waals surface area (Å²) < 4.78 is 7.51. The van der Waals surface area contributed by atoms with Gasteiger partial charge >= 0.3 is 0 Å². The summed E-state index contributed by atoms with van der Waals surface area (Å²) in [6, 6.07) is 0.350. The molecule has 1 fully saturated rings. The molecule has 1 saturated heterocycles. The predicted molar refractivity (Wildman–Crippen MR) is 65.7 cm³/mol. The van der Waals surface area contributed by atoms with Crippen LogP contribution in [-0.2, 0) is 11.3 Å². The van der Waals surface area contributed by atoms with Gasteiger partial charge in [0.05, 0.1) is 19.2 Å². The molecule has 1 unspecified atom stereocenters. The average Bonchev–Trinajstić information content (AvgIpc) is 2.75. The number of hydrogen-bond acceptors (Lipinski definition) is 4. The lowest BCUT2D eigenvalue weighted by atomic mass is 10.1. The average molecular weight is 238 g/mol. The van der Waals surface area contributed by atoms with Crippen LogP contribution >= 0.6 is 0 Å². The van der Waals surface area contributed by atoms with Crippen molar-refractivity contribution in [3.8, 4) is 0 Å². The Labute approximate surface area is 103 Å². The highest BCUT2D eigenvalue weighted by atomic mass is 16.5. The molecule has 2 rings (SSSR count). The van der Waals surface area contributed by atoms with E-state index in [1.807, 2.05) is 4.68 Å². The lowest BCUT2D eigenvalue weighted by molar-refractivity contribution is 0.0534. The number of ether oxygens (including phenoxy) is 1. The fraction of sp³-hybridized carbons (Fsp3) is 0.833. The van der Waals surface area contributed by atoms with Crippen LogP contribution in [0.25, 0.3) is 0 Å². The first-order chi connectivity index (χ1) is 8.06. The van der Waals surface area contributed by atoms with Gasteiger partial charge in [-0.1, -0.05) is 0 Å². The molecule has 0 saturated carbocycles. The maximum absolute atomic E-state index is 5.50. The van der Waals surface area contributed by atoms with Gasteiger partial charge in [-0.15, -0.1) is 0 Å². The van der Waals surface area contributed by atoms with Gasteiger partial charge in [0.1, 0.15) is 12.2 Å². The molecule has 0 aliphatic carbocycles. The molecular formula is C12H22N4O. The summed E-state index contributed by atoms with van der Waals surface area (Å²) in [7, 11) is 0. The molecule has 96 valence electrons. The summed E-state index contributed by atoms with van der Waals surface area (Å²) in [6.45, 7) is 8.83. The molecule has 0 amide bonds. The van der Waals surface area contributed by atoms with Crippen molar-refractivity contribution in [1.82, 2.24) is 20.1 Å². The van der Waals surface area contributed by atoms with Gasteiger partial charge in [0.15, 0.2) is 0 Å². The molecule has 17 heavy (non-hydrogen) atoms. The standard InChI is InChI=1S/C12H22N4O/c1-12(2,3)14-7-11-13-9-15-16(11)10-5-4-6-17-8-10/h9-10,14H,4-8H2,1-3H3. The molecule has 1 N–H and O–H groups in total. The van der Waals surface area contributed by atoms with Crippen molar-refractivity contribution in [3.63, 3.8) is 0 Å². The summed E-state index contributed by atoms with van der Waals surface area (Å²) in [4.78, 5) is 4.33. The van der Waals surface area contributed by atoms with Gasteiger partial charge < -0.3 is 10.1 Å². The molecule has 1 aromatic rings. The van der Waals surface area contributed by atoms with Crippen LogP contribution in [-0.4, -0.2) is 33.5 Å². The molecule has 0 bridgehead atoms. The van der Waals surface area contributed by atoms with Gasteiger partial charge in [0.2, 0.25) is 0 Å². The predicted octanol–water partition coefficient (Wildman–Crippen LogP) is 1.52. The smallest absolute Gasteiger partial charge is 0.141 e. The van der Waals surface area contributed by atoms with Crippen LogP contribution in [0.5, 0.6) is 0 Å². The first-order valence-electron chi connectivity index (χ1n) is 6.27. The van der Waals surface area contributed by atoms with Crippen LogP contribution in [0.15, 0.2) is 6.33 Å². The molecular weight excluding hydrogens is 216 g/mol. The Hall–Kier alpha value is -0.940. The van der Waals surface area contributed by atoms with Crippen molar-refractivity contribution in [1.29, 1.82) is 0 Å². The Balaban J connectivity index is 2.00. The van der Waals surface area contributed by atoms with E-state index in [0.29, 0.717) is 6.04 Å². The van der Waals surface area contributed by atoms with Gasteiger partial charge in [-0.05, 0) is 33.6 Å². The van der Waals surface area contributed by atoms with Crippen molar-refractivity contribution in [3.05, 3.63) is 12.2 Å². The normalized spacial score (nSPS) is 21.7. The van der Waals surface area contributed by atoms with Crippen LogP contribution in [0.3, 0.4) is 0 Å². The Morgan fingerprint density at radius 2 is 2.35 bits per heavy atom. The van der Waals surface area contributed by atoms with E-state index in [1.54, 1.807) is 6.33 Å². The molecule has 1 aliphatic rings. The highest BCUT2D eigenvalue weighted by Gasteiger charge is 2.20. The van der Waals surface area contributed by atoms with E-state index in [2.05, 4.69) is 36.2 Å². The van der Waals surface area contributed by atoms with E-state index in [1.165, 1.54) is 0 Å². The number of hydrogen-bond donors (Lipinski definition) is 1. The van der Waals surface area contributed by atoms with Crippen molar-refractivity contribution in [2.45, 2.75) is 51.7 Å². The molecule has 5 heteroatoms. The zero-order chi connectivity index (χ0) is 12.3. The molecule has 0 radical (unpaired) electrons. The quantitative estimate of drug-likeness (QED) is 0.867. The van der Waals surface area contributed by atoms with Crippen LogP contribution in [0.4, 0.5) is 0 Å². The van der Waals surface area contributed by atoms with Crippen LogP contribution in [0.1, 0.15) is 45.5 Å². The lowest BCUT2D eigenvalue weighted by Crippen LogP contribution is -2.36. The zero-order valence-corrected chi connectivity index (χ0v) is 10.9. The van der Waals surface area contributed by atoms with E-state index < -0.39 is 0 Å². The Bertz CT molecular complexity index is 350. The van der Waals surface area contributed by atoms with Crippen LogP contribution in [0, 0.1) is 0 Å². The second-order valence-corrected chi connectivity index (χ2v) is 5.60. The second kappa shape index (κ2) is 5.14. The molecule has 1 aromatic heterocycles. The van der Waals surface area contributed by atoms with Gasteiger partial charge in [-0.3, -0.25) is 0 Å². The summed E-state index contributed by atoms with van der Waals surface area (Å²) >= 11 is 0. The van der Waals surface area contributed by atoms with E-state index in [9.17, 15) is 0 Å². The van der Waals surface area contributed by atoms with Gasteiger partial charge in [0.25, 0.3) is 0 Å². The van der Waals surface area contributed by atoms with Gasteiger partial charge in [-0.2, -0.15) is 5.10 Å². The molecule has 5 nitrogen and oxygen atoms in total. The fourth-order valence-corrected chi connectivity index (χ4v) is 1.97. The Morgan fingerprint density at radius 3 is 3.00 bits per heavy atom. The maximum atomic E-state index is 5.50. The minimum absolute atomic E-state index is 0.0971. The maximum Gasteiger partial charge on any atom is 0.141 e. The lowest BCUT2D eigenvalue weighted by Gasteiger charge is -2.25. The number of aromatic nitrogens is 3. The molecule has 0 aromatic carbocycles. The monoisotopic (exact) mass is 238 g/mol. The van der Waals surface area contributed by atoms with E-state index >= 15 is 0 Å². The third kappa shape index (κ3) is 3.51. The van der Waals surface area contributed by atoms with E-state index in [-0.39, 0.29) is 5.54 Å². The molecule has 1 atom stereocenters. The third-order valence-corrected chi connectivity index (χ3v) is 2.91. The van der Waals surface area contributed by atoms with Crippen LogP contribution < -0.4 is 5.32 Å². The highest BCUT2D eigenvalue weighted by molar-refractivity contribution is 4.90. The SMILES string of the molecule is CC(C)(C)NCc1ncnn1C1CCCOC1.